The van der Waals surface area contributed by atoms with E-state index in [-0.39, 0.29) is 24.5 Å². The maximum Gasteiger partial charge on any atom is 0.265 e. The fourth-order valence-electron chi connectivity index (χ4n) is 3.72. The lowest BCUT2D eigenvalue weighted by molar-refractivity contribution is -0.135. The van der Waals surface area contributed by atoms with E-state index in [1.807, 2.05) is 42.5 Å². The van der Waals surface area contributed by atoms with Crippen LogP contribution in [-0.4, -0.2) is 61.9 Å². The molecule has 6 nitrogen and oxygen atoms in total. The molecule has 2 atom stereocenters. The van der Waals surface area contributed by atoms with E-state index in [1.54, 1.807) is 36.8 Å². The van der Waals surface area contributed by atoms with Gasteiger partial charge in [-0.3, -0.25) is 9.59 Å². The van der Waals surface area contributed by atoms with Crippen molar-refractivity contribution in [3.63, 3.8) is 0 Å². The van der Waals surface area contributed by atoms with Gasteiger partial charge in [0.1, 0.15) is 5.75 Å². The molecule has 4 rings (SSSR count). The van der Waals surface area contributed by atoms with Crippen LogP contribution in [0, 0.1) is 0 Å². The number of hydrogen-bond acceptors (Lipinski definition) is 5. The molecule has 30 heavy (non-hydrogen) atoms. The van der Waals surface area contributed by atoms with E-state index in [4.69, 9.17) is 9.47 Å². The Morgan fingerprint density at radius 1 is 1.13 bits per heavy atom. The minimum absolute atomic E-state index is 0.127. The van der Waals surface area contributed by atoms with Crippen LogP contribution in [0.2, 0.25) is 0 Å². The molecule has 0 aliphatic carbocycles. The highest BCUT2D eigenvalue weighted by Crippen LogP contribution is 2.36. The smallest absolute Gasteiger partial charge is 0.265 e. The summed E-state index contributed by atoms with van der Waals surface area (Å²) in [6.07, 6.45) is 1.67. The van der Waals surface area contributed by atoms with E-state index in [0.717, 1.165) is 30.1 Å². The molecule has 1 fully saturated rings. The standard InChI is InChI=1S/C23H26N2O4S/c1-24(2)23(27)20-14-25(18-10-4-5-11-19(18)29-20)22(26)17-9-3-6-12-21(17)30-15-16-8-7-13-28-16/h3-6,9-12,16,20H,7-8,13-15H2,1-2H3/t16-,20-/m1/s1. The highest BCUT2D eigenvalue weighted by Gasteiger charge is 2.35. The summed E-state index contributed by atoms with van der Waals surface area (Å²) < 4.78 is 11.6. The molecule has 1 saturated heterocycles. The average molecular weight is 427 g/mol. The monoisotopic (exact) mass is 426 g/mol. The Hall–Kier alpha value is -2.51. The molecule has 0 unspecified atom stereocenters. The molecule has 2 aliphatic rings. The van der Waals surface area contributed by atoms with Gasteiger partial charge >= 0.3 is 0 Å². The lowest BCUT2D eigenvalue weighted by atomic mass is 10.1. The number of thioether (sulfide) groups is 1. The van der Waals surface area contributed by atoms with Gasteiger partial charge in [-0.05, 0) is 37.1 Å². The van der Waals surface area contributed by atoms with Crippen molar-refractivity contribution >= 4 is 29.3 Å². The van der Waals surface area contributed by atoms with Gasteiger partial charge in [0.05, 0.1) is 23.9 Å². The molecule has 2 amide bonds. The number of hydrogen-bond donors (Lipinski definition) is 0. The van der Waals surface area contributed by atoms with Crippen LogP contribution in [-0.2, 0) is 9.53 Å². The zero-order valence-corrected chi connectivity index (χ0v) is 18.1. The summed E-state index contributed by atoms with van der Waals surface area (Å²) in [5, 5.41) is 0. The average Bonchev–Trinajstić information content (AvgIpc) is 3.29. The number of rotatable bonds is 5. The number of nitrogens with zero attached hydrogens (tertiary/aromatic N) is 2. The minimum atomic E-state index is -0.731. The Labute approximate surface area is 181 Å². The van der Waals surface area contributed by atoms with Gasteiger partial charge in [0.15, 0.2) is 6.10 Å². The summed E-state index contributed by atoms with van der Waals surface area (Å²) in [6, 6.07) is 15.0. The van der Waals surface area contributed by atoms with Crippen molar-refractivity contribution < 1.29 is 19.1 Å². The Morgan fingerprint density at radius 3 is 2.67 bits per heavy atom. The SMILES string of the molecule is CN(C)C(=O)[C@H]1CN(C(=O)c2ccccc2SC[C@H]2CCCO2)c2ccccc2O1. The van der Waals surface area contributed by atoms with E-state index < -0.39 is 6.10 Å². The molecular weight excluding hydrogens is 400 g/mol. The quantitative estimate of drug-likeness (QED) is 0.686. The van der Waals surface area contributed by atoms with E-state index in [9.17, 15) is 9.59 Å². The largest absolute Gasteiger partial charge is 0.476 e. The first-order valence-electron chi connectivity index (χ1n) is 10.2. The number of anilines is 1. The summed E-state index contributed by atoms with van der Waals surface area (Å²) in [5.41, 5.74) is 1.32. The number of carbonyl (C=O) groups is 2. The van der Waals surface area contributed by atoms with Gasteiger partial charge in [0.25, 0.3) is 11.8 Å². The highest BCUT2D eigenvalue weighted by atomic mass is 32.2. The number of ether oxygens (including phenoxy) is 2. The Bertz CT molecular complexity index is 927. The topological polar surface area (TPSA) is 59.1 Å². The van der Waals surface area contributed by atoms with Gasteiger partial charge in [-0.15, -0.1) is 11.8 Å². The van der Waals surface area contributed by atoms with Gasteiger partial charge in [0, 0.05) is 31.4 Å². The van der Waals surface area contributed by atoms with Gasteiger partial charge in [-0.2, -0.15) is 0 Å². The molecule has 0 saturated carbocycles. The third-order valence-electron chi connectivity index (χ3n) is 5.30. The first-order chi connectivity index (χ1) is 14.5. The zero-order valence-electron chi connectivity index (χ0n) is 17.2. The molecule has 0 aromatic heterocycles. The van der Waals surface area contributed by atoms with Crippen molar-refractivity contribution in [2.45, 2.75) is 29.9 Å². The lowest BCUT2D eigenvalue weighted by Crippen LogP contribution is -2.50. The summed E-state index contributed by atoms with van der Waals surface area (Å²) >= 11 is 1.65. The van der Waals surface area contributed by atoms with Gasteiger partial charge in [-0.1, -0.05) is 24.3 Å². The fourth-order valence-corrected chi connectivity index (χ4v) is 4.83. The van der Waals surface area contributed by atoms with Gasteiger partial charge in [0.2, 0.25) is 0 Å². The van der Waals surface area contributed by atoms with Gasteiger partial charge < -0.3 is 19.3 Å². The number of benzene rings is 2. The second-order valence-corrected chi connectivity index (χ2v) is 8.73. The van der Waals surface area contributed by atoms with E-state index in [1.165, 1.54) is 4.90 Å². The molecule has 158 valence electrons. The van der Waals surface area contributed by atoms with Crippen molar-refractivity contribution in [1.29, 1.82) is 0 Å². The van der Waals surface area contributed by atoms with Crippen LogP contribution in [0.15, 0.2) is 53.4 Å². The Kier molecular flexibility index (Phi) is 6.29. The molecule has 2 aromatic carbocycles. The maximum atomic E-state index is 13.6. The molecule has 0 bridgehead atoms. The predicted octanol–water partition coefficient (Wildman–Crippen LogP) is 3.45. The zero-order chi connectivity index (χ0) is 21.1. The highest BCUT2D eigenvalue weighted by molar-refractivity contribution is 7.99. The number of para-hydroxylation sites is 2. The lowest BCUT2D eigenvalue weighted by Gasteiger charge is -2.35. The summed E-state index contributed by atoms with van der Waals surface area (Å²) in [5.74, 6) is 1.08. The molecule has 2 aliphatic heterocycles. The third kappa shape index (κ3) is 4.32. The van der Waals surface area contributed by atoms with Crippen LogP contribution in [0.1, 0.15) is 23.2 Å². The second kappa shape index (κ2) is 9.10. The van der Waals surface area contributed by atoms with Crippen molar-refractivity contribution in [2.24, 2.45) is 0 Å². The summed E-state index contributed by atoms with van der Waals surface area (Å²) in [7, 11) is 3.38. The van der Waals surface area contributed by atoms with Crippen LogP contribution in [0.5, 0.6) is 5.75 Å². The molecule has 0 N–H and O–H groups in total. The van der Waals surface area contributed by atoms with Crippen LogP contribution in [0.25, 0.3) is 0 Å². The molecule has 7 heteroatoms. The number of likely N-dealkylation sites (N-methyl/N-ethyl adjacent to an activating group) is 1. The summed E-state index contributed by atoms with van der Waals surface area (Å²) in [6.45, 7) is 0.995. The predicted molar refractivity (Wildman–Crippen MR) is 117 cm³/mol. The van der Waals surface area contributed by atoms with Crippen molar-refractivity contribution in [3.05, 3.63) is 54.1 Å². The maximum absolute atomic E-state index is 13.6. The molecular formula is C23H26N2O4S. The van der Waals surface area contributed by atoms with Crippen LogP contribution >= 0.6 is 11.8 Å². The van der Waals surface area contributed by atoms with Crippen molar-refractivity contribution in [2.75, 3.05) is 37.9 Å². The Balaban J connectivity index is 1.61. The summed E-state index contributed by atoms with van der Waals surface area (Å²) in [4.78, 5) is 30.3. The normalized spacial score (nSPS) is 20.4. The first kappa shape index (κ1) is 20.8. The van der Waals surface area contributed by atoms with Crippen LogP contribution < -0.4 is 9.64 Å². The molecule has 2 heterocycles. The third-order valence-corrected chi connectivity index (χ3v) is 6.51. The Morgan fingerprint density at radius 2 is 1.90 bits per heavy atom. The molecule has 0 spiro atoms. The van der Waals surface area contributed by atoms with Crippen LogP contribution in [0.3, 0.4) is 0 Å². The van der Waals surface area contributed by atoms with Crippen molar-refractivity contribution in [1.82, 2.24) is 4.90 Å². The number of amides is 2. The van der Waals surface area contributed by atoms with E-state index in [0.29, 0.717) is 17.0 Å². The molecule has 0 radical (unpaired) electrons. The van der Waals surface area contributed by atoms with Crippen molar-refractivity contribution in [3.8, 4) is 5.75 Å². The first-order valence-corrected chi connectivity index (χ1v) is 11.2. The van der Waals surface area contributed by atoms with Gasteiger partial charge in [-0.25, -0.2) is 0 Å². The fraction of sp³-hybridized carbons (Fsp3) is 0.391. The van der Waals surface area contributed by atoms with E-state index >= 15 is 0 Å². The minimum Gasteiger partial charge on any atom is -0.476 e. The van der Waals surface area contributed by atoms with Crippen LogP contribution in [0.4, 0.5) is 5.69 Å². The second-order valence-electron chi connectivity index (χ2n) is 7.66. The molecule has 2 aromatic rings. The number of fused-ring (bicyclic) bond motifs is 1. The number of carbonyl (C=O) groups excluding carboxylic acids is 2. The van der Waals surface area contributed by atoms with E-state index in [2.05, 4.69) is 0 Å².